The summed E-state index contributed by atoms with van der Waals surface area (Å²) in [5.74, 6) is 0.430. The molecule has 4 atom stereocenters. The average molecular weight is 364 g/mol. The van der Waals surface area contributed by atoms with E-state index in [1.807, 2.05) is 10.9 Å². The zero-order chi connectivity index (χ0) is 18.5. The zero-order valence-electron chi connectivity index (χ0n) is 15.2. The third-order valence-corrected chi connectivity index (χ3v) is 5.37. The van der Waals surface area contributed by atoms with Crippen molar-refractivity contribution in [1.82, 2.24) is 30.5 Å². The smallest absolute Gasteiger partial charge is 0.224 e. The Morgan fingerprint density at radius 3 is 2.85 bits per heavy atom. The lowest BCUT2D eigenvalue weighted by atomic mass is 9.75. The van der Waals surface area contributed by atoms with Crippen LogP contribution in [-0.2, 0) is 22.6 Å². The Morgan fingerprint density at radius 1 is 1.35 bits per heavy atom. The highest BCUT2D eigenvalue weighted by Gasteiger charge is 2.43. The van der Waals surface area contributed by atoms with E-state index in [1.54, 1.807) is 0 Å². The molecular formula is C17H28N6O3. The predicted molar refractivity (Wildman–Crippen MR) is 94.1 cm³/mol. The topological polar surface area (TPSA) is 112 Å². The van der Waals surface area contributed by atoms with Crippen LogP contribution in [0.4, 0.5) is 0 Å². The van der Waals surface area contributed by atoms with Gasteiger partial charge in [0.15, 0.2) is 0 Å². The van der Waals surface area contributed by atoms with Crippen LogP contribution in [0.2, 0.25) is 0 Å². The molecule has 2 bridgehead atoms. The molecule has 3 fully saturated rings. The highest BCUT2D eigenvalue weighted by molar-refractivity contribution is 5.79. The summed E-state index contributed by atoms with van der Waals surface area (Å²) in [5, 5.41) is 22.8. The molecule has 3 N–H and O–H groups in total. The summed E-state index contributed by atoms with van der Waals surface area (Å²) in [6.45, 7) is 5.05. The summed E-state index contributed by atoms with van der Waals surface area (Å²) >= 11 is 0. The molecule has 1 unspecified atom stereocenters. The minimum atomic E-state index is -0.0832. The first-order valence-electron chi connectivity index (χ1n) is 9.33. The first-order chi connectivity index (χ1) is 12.6. The Bertz CT molecular complexity index is 634. The second-order valence-corrected chi connectivity index (χ2v) is 7.22. The van der Waals surface area contributed by atoms with Crippen LogP contribution in [0.25, 0.3) is 0 Å². The fourth-order valence-electron chi connectivity index (χ4n) is 4.05. The van der Waals surface area contributed by atoms with Gasteiger partial charge >= 0.3 is 0 Å². The molecule has 3 saturated heterocycles. The van der Waals surface area contributed by atoms with E-state index < -0.39 is 0 Å². The van der Waals surface area contributed by atoms with Gasteiger partial charge in [-0.1, -0.05) is 5.21 Å². The Hall–Kier alpha value is -2.00. The van der Waals surface area contributed by atoms with Crippen molar-refractivity contribution in [3.05, 3.63) is 11.9 Å². The first kappa shape index (κ1) is 18.8. The van der Waals surface area contributed by atoms with Crippen LogP contribution in [0.15, 0.2) is 6.20 Å². The molecule has 144 valence electrons. The number of amides is 2. The van der Waals surface area contributed by atoms with Crippen LogP contribution in [0, 0.1) is 11.8 Å². The van der Waals surface area contributed by atoms with Crippen LogP contribution in [-0.4, -0.2) is 75.6 Å². The number of nitrogens with one attached hydrogen (secondary N) is 2. The van der Waals surface area contributed by atoms with Gasteiger partial charge in [-0.2, -0.15) is 0 Å². The van der Waals surface area contributed by atoms with E-state index in [2.05, 4.69) is 25.8 Å². The van der Waals surface area contributed by atoms with Crippen LogP contribution in [0.5, 0.6) is 0 Å². The molecule has 2 amide bonds. The molecular weight excluding hydrogens is 336 g/mol. The monoisotopic (exact) mass is 364 g/mol. The van der Waals surface area contributed by atoms with Gasteiger partial charge in [0.05, 0.1) is 18.2 Å². The molecule has 0 radical (unpaired) electrons. The lowest BCUT2D eigenvalue weighted by molar-refractivity contribution is -0.133. The van der Waals surface area contributed by atoms with Crippen molar-refractivity contribution in [2.24, 2.45) is 11.8 Å². The van der Waals surface area contributed by atoms with Gasteiger partial charge in [0.1, 0.15) is 0 Å². The number of rotatable bonds is 8. The number of hydrogen-bond donors (Lipinski definition) is 3. The highest BCUT2D eigenvalue weighted by atomic mass is 16.3. The standard InChI is InChI=1S/C17H28N6O3/c1-12(25)18-4-5-19-17(26)16-11-22-6-2-13(16)8-15(22)10-23-9-14(3-7-24)20-21-23/h9,13,15-16,24H,2-8,10-11H2,1H3,(H,18,25)(H,19,26)/t13-,15-,16-/m1/s1. The predicted octanol–water partition coefficient (Wildman–Crippen LogP) is -1.22. The molecule has 3 aliphatic heterocycles. The Labute approximate surface area is 153 Å². The van der Waals surface area contributed by atoms with Crippen molar-refractivity contribution in [2.45, 2.75) is 38.8 Å². The van der Waals surface area contributed by atoms with Gasteiger partial charge in [-0.3, -0.25) is 19.2 Å². The maximum atomic E-state index is 12.5. The van der Waals surface area contributed by atoms with Crippen LogP contribution in [0.1, 0.15) is 25.5 Å². The Balaban J connectivity index is 1.49. The molecule has 3 aliphatic rings. The molecule has 4 heterocycles. The Morgan fingerprint density at radius 2 is 2.15 bits per heavy atom. The quantitative estimate of drug-likeness (QED) is 0.498. The highest BCUT2D eigenvalue weighted by Crippen LogP contribution is 2.36. The third kappa shape index (κ3) is 4.59. The van der Waals surface area contributed by atoms with E-state index in [4.69, 9.17) is 5.11 Å². The fourth-order valence-corrected chi connectivity index (χ4v) is 4.05. The number of aliphatic hydroxyl groups is 1. The minimum absolute atomic E-state index is 0.0259. The molecule has 9 heteroatoms. The van der Waals surface area contributed by atoms with Gasteiger partial charge < -0.3 is 15.7 Å². The second kappa shape index (κ2) is 8.59. The van der Waals surface area contributed by atoms with Crippen molar-refractivity contribution in [3.63, 3.8) is 0 Å². The van der Waals surface area contributed by atoms with Crippen molar-refractivity contribution < 1.29 is 14.7 Å². The number of aliphatic hydroxyl groups excluding tert-OH is 1. The number of hydrogen-bond acceptors (Lipinski definition) is 6. The molecule has 1 aromatic heterocycles. The maximum Gasteiger partial charge on any atom is 0.224 e. The van der Waals surface area contributed by atoms with Crippen LogP contribution in [0.3, 0.4) is 0 Å². The number of piperidine rings is 3. The van der Waals surface area contributed by atoms with Gasteiger partial charge in [-0.05, 0) is 25.3 Å². The van der Waals surface area contributed by atoms with E-state index in [-0.39, 0.29) is 24.3 Å². The summed E-state index contributed by atoms with van der Waals surface area (Å²) in [5.41, 5.74) is 0.805. The van der Waals surface area contributed by atoms with Crippen molar-refractivity contribution >= 4 is 11.8 Å². The number of carbonyl (C=O) groups excluding carboxylic acids is 2. The molecule has 4 rings (SSSR count). The minimum Gasteiger partial charge on any atom is -0.396 e. The van der Waals surface area contributed by atoms with Crippen molar-refractivity contribution in [2.75, 3.05) is 32.8 Å². The molecule has 0 saturated carbocycles. The Kier molecular flexibility index (Phi) is 6.20. The first-order valence-corrected chi connectivity index (χ1v) is 9.33. The summed E-state index contributed by atoms with van der Waals surface area (Å²) < 4.78 is 1.85. The molecule has 1 aromatic rings. The number of nitrogens with zero attached hydrogens (tertiary/aromatic N) is 4. The summed E-state index contributed by atoms with van der Waals surface area (Å²) in [6.07, 6.45) is 4.45. The molecule has 9 nitrogen and oxygen atoms in total. The lowest BCUT2D eigenvalue weighted by Crippen LogP contribution is -2.58. The number of carbonyl (C=O) groups is 2. The van der Waals surface area contributed by atoms with E-state index >= 15 is 0 Å². The van der Waals surface area contributed by atoms with E-state index in [1.165, 1.54) is 6.92 Å². The van der Waals surface area contributed by atoms with Crippen molar-refractivity contribution in [3.8, 4) is 0 Å². The third-order valence-electron chi connectivity index (χ3n) is 5.37. The second-order valence-electron chi connectivity index (χ2n) is 7.22. The van der Waals surface area contributed by atoms with Crippen molar-refractivity contribution in [1.29, 1.82) is 0 Å². The molecule has 0 aromatic carbocycles. The fraction of sp³-hybridized carbons (Fsp3) is 0.765. The van der Waals surface area contributed by atoms with Gasteiger partial charge in [0.25, 0.3) is 0 Å². The van der Waals surface area contributed by atoms with E-state index in [9.17, 15) is 9.59 Å². The average Bonchev–Trinajstić information content (AvgIpc) is 3.06. The van der Waals surface area contributed by atoms with Gasteiger partial charge in [0.2, 0.25) is 11.8 Å². The van der Waals surface area contributed by atoms with Gasteiger partial charge in [-0.25, -0.2) is 0 Å². The molecule has 0 spiro atoms. The normalized spacial score (nSPS) is 27.3. The van der Waals surface area contributed by atoms with E-state index in [0.717, 1.165) is 38.2 Å². The number of fused-ring (bicyclic) bond motifs is 3. The molecule has 0 aliphatic carbocycles. The molecule has 26 heavy (non-hydrogen) atoms. The number of aromatic nitrogens is 3. The SMILES string of the molecule is CC(=O)NCCNC(=O)[C@@H]1CN2CC[C@@H]1C[C@@H]2Cn1cc(CCO)nn1. The maximum absolute atomic E-state index is 12.5. The van der Waals surface area contributed by atoms with Gasteiger partial charge in [-0.15, -0.1) is 5.10 Å². The zero-order valence-corrected chi connectivity index (χ0v) is 15.2. The van der Waals surface area contributed by atoms with Crippen LogP contribution >= 0.6 is 0 Å². The largest absolute Gasteiger partial charge is 0.396 e. The van der Waals surface area contributed by atoms with Gasteiger partial charge in [0, 0.05) is 51.8 Å². The van der Waals surface area contributed by atoms with Crippen LogP contribution < -0.4 is 10.6 Å². The summed E-state index contributed by atoms with van der Waals surface area (Å²) in [7, 11) is 0. The lowest BCUT2D eigenvalue weighted by Gasteiger charge is -2.49. The van der Waals surface area contributed by atoms with E-state index in [0.29, 0.717) is 31.5 Å². The summed E-state index contributed by atoms with van der Waals surface area (Å²) in [6, 6.07) is 0.376. The summed E-state index contributed by atoms with van der Waals surface area (Å²) in [4.78, 5) is 25.7.